The van der Waals surface area contributed by atoms with Gasteiger partial charge in [0.25, 0.3) is 17.7 Å². The van der Waals surface area contributed by atoms with Gasteiger partial charge < -0.3 is 26.0 Å². The fraction of sp³-hybridized carbons (Fsp3) is 0.0625. The van der Waals surface area contributed by atoms with E-state index in [4.69, 9.17) is 4.74 Å². The highest BCUT2D eigenvalue weighted by Crippen LogP contribution is 2.40. The number of fused-ring (bicyclic) bond motifs is 1. The molecule has 0 saturated heterocycles. The molecule has 7 aromatic rings. The summed E-state index contributed by atoms with van der Waals surface area (Å²) in [6, 6.07) is 47.2. The molecule has 0 fully saturated rings. The van der Waals surface area contributed by atoms with E-state index < -0.39 is 34.8 Å². The van der Waals surface area contributed by atoms with Crippen molar-refractivity contribution in [2.24, 2.45) is 0 Å². The zero-order valence-corrected chi connectivity index (χ0v) is 34.1. The number of benzene rings is 6. The third kappa shape index (κ3) is 9.70. The molecular formula is C48H38N4O6S2. The largest absolute Gasteiger partial charge is 0.465 e. The maximum atomic E-state index is 14.3. The van der Waals surface area contributed by atoms with Crippen LogP contribution in [0, 0.1) is 6.92 Å². The number of ether oxygens (including phenoxy) is 1. The molecule has 60 heavy (non-hydrogen) atoms. The summed E-state index contributed by atoms with van der Waals surface area (Å²) in [4.78, 5) is 69.0. The summed E-state index contributed by atoms with van der Waals surface area (Å²) < 4.78 is 5.07. The van der Waals surface area contributed by atoms with E-state index in [2.05, 4.69) is 21.3 Å². The van der Waals surface area contributed by atoms with Crippen LogP contribution in [0.2, 0.25) is 0 Å². The molecule has 1 atom stereocenters. The van der Waals surface area contributed by atoms with Crippen LogP contribution in [0.3, 0.4) is 0 Å². The molecule has 4 N–H and O–H groups in total. The van der Waals surface area contributed by atoms with Gasteiger partial charge in [-0.05, 0) is 82.9 Å². The van der Waals surface area contributed by atoms with E-state index in [-0.39, 0.29) is 21.1 Å². The molecule has 6 aromatic carbocycles. The molecule has 0 spiro atoms. The van der Waals surface area contributed by atoms with Gasteiger partial charge in [-0.3, -0.25) is 19.2 Å². The Kier molecular flexibility index (Phi) is 12.9. The topological polar surface area (TPSA) is 143 Å². The molecule has 1 unspecified atom stereocenters. The maximum Gasteiger partial charge on any atom is 0.341 e. The number of thiophene rings is 1. The Morgan fingerprint density at radius 1 is 0.667 bits per heavy atom. The Balaban J connectivity index is 1.15. The Morgan fingerprint density at radius 2 is 1.30 bits per heavy atom. The van der Waals surface area contributed by atoms with Crippen molar-refractivity contribution < 1.29 is 28.7 Å². The highest BCUT2D eigenvalue weighted by Gasteiger charge is 2.30. The Hall–Kier alpha value is -7.28. The van der Waals surface area contributed by atoms with Crippen LogP contribution in [0.25, 0.3) is 16.8 Å². The second kappa shape index (κ2) is 19.0. The summed E-state index contributed by atoms with van der Waals surface area (Å²) >= 11 is 2.21. The first kappa shape index (κ1) is 40.9. The molecule has 7 rings (SSSR count). The average molecular weight is 831 g/mol. The van der Waals surface area contributed by atoms with Gasteiger partial charge in [0, 0.05) is 21.8 Å². The van der Waals surface area contributed by atoms with Crippen LogP contribution in [-0.2, 0) is 14.3 Å². The molecule has 12 heteroatoms. The number of amides is 4. The second-order valence-electron chi connectivity index (χ2n) is 13.4. The van der Waals surface area contributed by atoms with Crippen molar-refractivity contribution in [2.45, 2.75) is 17.1 Å². The summed E-state index contributed by atoms with van der Waals surface area (Å²) in [5.41, 5.74) is 3.30. The standard InChI is InChI=1S/C48H38N4O6S2/c1-30-40(48(57)58-2)47(60-41(30)45(55)49-35-23-10-5-11-24-35)52-46(56)42(32-17-6-3-7-18-32)59-37-26-15-25-36(29-37)50-44(54)39(51-43(53)33-19-8-4-9-20-33)28-34-22-14-21-31-16-12-13-27-38(31)34/h3-29,42H,1-2H3,(H,49,55)(H,50,54)(H,51,53)(H,52,56)/b39-28+. The van der Waals surface area contributed by atoms with E-state index in [0.29, 0.717) is 33.0 Å². The molecular weight excluding hydrogens is 793 g/mol. The van der Waals surface area contributed by atoms with Crippen molar-refractivity contribution in [3.05, 3.63) is 196 Å². The number of rotatable bonds is 13. The normalized spacial score (nSPS) is 11.6. The molecule has 0 aliphatic heterocycles. The number of esters is 1. The van der Waals surface area contributed by atoms with Crippen LogP contribution in [0.15, 0.2) is 168 Å². The molecule has 1 aromatic heterocycles. The number of para-hydroxylation sites is 1. The number of hydrogen-bond acceptors (Lipinski definition) is 8. The zero-order chi connectivity index (χ0) is 42.0. The molecule has 0 aliphatic carbocycles. The molecule has 298 valence electrons. The Morgan fingerprint density at radius 3 is 2.03 bits per heavy atom. The summed E-state index contributed by atoms with van der Waals surface area (Å²) in [5.74, 6) is -2.58. The van der Waals surface area contributed by atoms with Gasteiger partial charge in [-0.25, -0.2) is 4.79 Å². The van der Waals surface area contributed by atoms with Gasteiger partial charge in [-0.2, -0.15) is 0 Å². The molecule has 0 radical (unpaired) electrons. The van der Waals surface area contributed by atoms with Crippen LogP contribution in [0.1, 0.15) is 52.3 Å². The zero-order valence-electron chi connectivity index (χ0n) is 32.4. The van der Waals surface area contributed by atoms with E-state index in [1.54, 1.807) is 85.8 Å². The minimum absolute atomic E-state index is 0.0317. The SMILES string of the molecule is COC(=O)c1c(NC(=O)C(Sc2cccc(NC(=O)/C(=C\c3cccc4ccccc34)NC(=O)c3ccccc3)c2)c2ccccc2)sc(C(=O)Nc2ccccc2)c1C. The fourth-order valence-electron chi connectivity index (χ4n) is 6.41. The van der Waals surface area contributed by atoms with Gasteiger partial charge in [-0.15, -0.1) is 23.1 Å². The number of anilines is 3. The summed E-state index contributed by atoms with van der Waals surface area (Å²) in [7, 11) is 1.24. The van der Waals surface area contributed by atoms with Crippen LogP contribution < -0.4 is 21.3 Å². The van der Waals surface area contributed by atoms with Crippen molar-refractivity contribution in [2.75, 3.05) is 23.1 Å². The first-order valence-electron chi connectivity index (χ1n) is 18.8. The number of hydrogen-bond donors (Lipinski definition) is 4. The lowest BCUT2D eigenvalue weighted by Gasteiger charge is -2.18. The van der Waals surface area contributed by atoms with Crippen molar-refractivity contribution in [3.63, 3.8) is 0 Å². The number of methoxy groups -OCH3 is 1. The van der Waals surface area contributed by atoms with Crippen LogP contribution in [0.5, 0.6) is 0 Å². The van der Waals surface area contributed by atoms with Crippen molar-refractivity contribution in [1.29, 1.82) is 0 Å². The molecule has 0 aliphatic rings. The Labute approximate surface area is 354 Å². The third-order valence-corrected chi connectivity index (χ3v) is 11.8. The predicted molar refractivity (Wildman–Crippen MR) is 239 cm³/mol. The first-order chi connectivity index (χ1) is 29.2. The second-order valence-corrected chi connectivity index (χ2v) is 15.6. The van der Waals surface area contributed by atoms with Crippen molar-refractivity contribution >= 4 is 85.9 Å². The van der Waals surface area contributed by atoms with E-state index in [0.717, 1.165) is 27.7 Å². The van der Waals surface area contributed by atoms with E-state index in [1.807, 2.05) is 84.9 Å². The number of thioether (sulfide) groups is 1. The van der Waals surface area contributed by atoms with E-state index in [9.17, 15) is 24.0 Å². The Bertz CT molecular complexity index is 2730. The summed E-state index contributed by atoms with van der Waals surface area (Å²) in [5, 5.41) is 12.7. The molecule has 10 nitrogen and oxygen atoms in total. The van der Waals surface area contributed by atoms with Gasteiger partial charge in [0.2, 0.25) is 5.91 Å². The van der Waals surface area contributed by atoms with Gasteiger partial charge in [-0.1, -0.05) is 115 Å². The summed E-state index contributed by atoms with van der Waals surface area (Å²) in [6.07, 6.45) is 1.65. The monoisotopic (exact) mass is 830 g/mol. The fourth-order valence-corrected chi connectivity index (χ4v) is 8.59. The third-order valence-electron chi connectivity index (χ3n) is 9.35. The number of nitrogens with one attached hydrogen (secondary N) is 4. The summed E-state index contributed by atoms with van der Waals surface area (Å²) in [6.45, 7) is 1.64. The minimum Gasteiger partial charge on any atom is -0.465 e. The van der Waals surface area contributed by atoms with Gasteiger partial charge in [0.05, 0.1) is 17.6 Å². The highest BCUT2D eigenvalue weighted by atomic mass is 32.2. The first-order valence-corrected chi connectivity index (χ1v) is 20.5. The van der Waals surface area contributed by atoms with Crippen LogP contribution in [-0.4, -0.2) is 36.7 Å². The number of carbonyl (C=O) groups excluding carboxylic acids is 5. The van der Waals surface area contributed by atoms with Crippen molar-refractivity contribution in [1.82, 2.24) is 5.32 Å². The van der Waals surface area contributed by atoms with Crippen LogP contribution >= 0.6 is 23.1 Å². The minimum atomic E-state index is -0.835. The van der Waals surface area contributed by atoms with Gasteiger partial charge >= 0.3 is 5.97 Å². The average Bonchev–Trinajstić information content (AvgIpc) is 3.60. The lowest BCUT2D eigenvalue weighted by atomic mass is 10.0. The van der Waals surface area contributed by atoms with E-state index in [1.165, 1.54) is 18.9 Å². The molecule has 1 heterocycles. The quantitative estimate of drug-likeness (QED) is 0.0515. The maximum absolute atomic E-state index is 14.3. The molecule has 4 amide bonds. The van der Waals surface area contributed by atoms with Crippen molar-refractivity contribution in [3.8, 4) is 0 Å². The van der Waals surface area contributed by atoms with Gasteiger partial charge in [0.15, 0.2) is 0 Å². The molecule has 0 bridgehead atoms. The van der Waals surface area contributed by atoms with Crippen LogP contribution in [0.4, 0.5) is 16.4 Å². The van der Waals surface area contributed by atoms with Gasteiger partial charge in [0.1, 0.15) is 15.9 Å². The highest BCUT2D eigenvalue weighted by molar-refractivity contribution is 8.00. The predicted octanol–water partition coefficient (Wildman–Crippen LogP) is 10.1. The lowest BCUT2D eigenvalue weighted by Crippen LogP contribution is -2.30. The van der Waals surface area contributed by atoms with E-state index >= 15 is 0 Å². The molecule has 0 saturated carbocycles. The smallest absolute Gasteiger partial charge is 0.341 e. The lowest BCUT2D eigenvalue weighted by molar-refractivity contribution is -0.116. The number of carbonyl (C=O) groups is 5.